The van der Waals surface area contributed by atoms with Crippen LogP contribution < -0.4 is 5.48 Å². The van der Waals surface area contributed by atoms with E-state index in [0.717, 1.165) is 29.5 Å². The van der Waals surface area contributed by atoms with Crippen LogP contribution in [-0.4, -0.2) is 50.5 Å². The van der Waals surface area contributed by atoms with Gasteiger partial charge in [-0.3, -0.25) is 9.63 Å². The number of hydrogen-bond acceptors (Lipinski definition) is 6. The molecule has 1 N–H and O–H groups in total. The minimum Gasteiger partial charge on any atom is -0.362 e. The molecular weight excluding hydrogens is 563 g/mol. The van der Waals surface area contributed by atoms with Crippen LogP contribution in [0.2, 0.25) is 10.0 Å². The fourth-order valence-corrected chi connectivity index (χ4v) is 6.16. The summed E-state index contributed by atoms with van der Waals surface area (Å²) < 4.78 is 85.5. The summed E-state index contributed by atoms with van der Waals surface area (Å²) in [6.07, 6.45) is -4.46. The first-order valence-corrected chi connectivity index (χ1v) is 13.8. The first-order valence-electron chi connectivity index (χ1n) is 11.0. The van der Waals surface area contributed by atoms with Gasteiger partial charge < -0.3 is 9.64 Å². The lowest BCUT2D eigenvalue weighted by Crippen LogP contribution is -2.62. The molecule has 2 fully saturated rings. The summed E-state index contributed by atoms with van der Waals surface area (Å²) in [7, 11) is -3.47. The summed E-state index contributed by atoms with van der Waals surface area (Å²) in [6, 6.07) is 5.93. The highest BCUT2D eigenvalue weighted by Gasteiger charge is 2.62. The van der Waals surface area contributed by atoms with E-state index in [0.29, 0.717) is 5.56 Å². The van der Waals surface area contributed by atoms with Crippen molar-refractivity contribution in [1.29, 1.82) is 0 Å². The number of carbonyl (C=O) groups is 1. The van der Waals surface area contributed by atoms with Gasteiger partial charge >= 0.3 is 6.18 Å². The van der Waals surface area contributed by atoms with Crippen LogP contribution in [0.3, 0.4) is 0 Å². The Morgan fingerprint density at radius 2 is 1.84 bits per heavy atom. The quantitative estimate of drug-likeness (QED) is 0.430. The number of sulfone groups is 1. The molecule has 1 spiro atoms. The van der Waals surface area contributed by atoms with Gasteiger partial charge in [0.05, 0.1) is 35.8 Å². The van der Waals surface area contributed by atoms with Gasteiger partial charge in [-0.05, 0) is 34.4 Å². The van der Waals surface area contributed by atoms with Crippen LogP contribution in [0, 0.1) is 5.82 Å². The molecule has 2 aromatic rings. The molecular formula is C23H20Cl2F4N2O5S. The molecule has 0 bridgehead atoms. The van der Waals surface area contributed by atoms with E-state index in [1.165, 1.54) is 4.90 Å². The Morgan fingerprint density at radius 1 is 1.19 bits per heavy atom. The summed E-state index contributed by atoms with van der Waals surface area (Å²) >= 11 is 11.5. The maximum atomic E-state index is 14.3. The molecule has 0 aromatic heterocycles. The van der Waals surface area contributed by atoms with Crippen molar-refractivity contribution in [2.45, 2.75) is 36.4 Å². The number of halogens is 6. The maximum Gasteiger partial charge on any atom is 0.423 e. The predicted octanol–water partition coefficient (Wildman–Crippen LogP) is 4.17. The summed E-state index contributed by atoms with van der Waals surface area (Å²) in [5.41, 5.74) is 0.473. The summed E-state index contributed by atoms with van der Waals surface area (Å²) in [5, 5.41) is -1.11. The van der Waals surface area contributed by atoms with Crippen LogP contribution in [0.25, 0.3) is 0 Å². The van der Waals surface area contributed by atoms with Crippen molar-refractivity contribution in [2.24, 2.45) is 0 Å². The molecule has 5 rings (SSSR count). The van der Waals surface area contributed by atoms with Crippen molar-refractivity contribution in [1.82, 2.24) is 10.4 Å². The van der Waals surface area contributed by atoms with Crippen molar-refractivity contribution in [3.63, 3.8) is 0 Å². The second-order valence-corrected chi connectivity index (χ2v) is 12.5. The van der Waals surface area contributed by atoms with E-state index in [1.807, 2.05) is 0 Å². The molecule has 7 nitrogen and oxygen atoms in total. The van der Waals surface area contributed by atoms with Gasteiger partial charge in [0.1, 0.15) is 11.4 Å². The number of fused-ring (bicyclic) bond motifs is 2. The summed E-state index contributed by atoms with van der Waals surface area (Å²) in [4.78, 5) is 18.7. The van der Waals surface area contributed by atoms with Crippen molar-refractivity contribution < 1.29 is 40.3 Å². The van der Waals surface area contributed by atoms with E-state index in [9.17, 15) is 30.8 Å². The van der Waals surface area contributed by atoms with Crippen LogP contribution in [0.15, 0.2) is 30.3 Å². The molecule has 0 aliphatic carbocycles. The van der Waals surface area contributed by atoms with Gasteiger partial charge in [-0.15, -0.1) is 0 Å². The van der Waals surface area contributed by atoms with Crippen molar-refractivity contribution >= 4 is 38.9 Å². The number of likely N-dealkylation sites (tertiary alicyclic amines) is 1. The third-order valence-electron chi connectivity index (χ3n) is 6.93. The molecule has 2 unspecified atom stereocenters. The summed E-state index contributed by atoms with van der Waals surface area (Å²) in [6.45, 7) is 0.544. The van der Waals surface area contributed by atoms with Crippen LogP contribution in [-0.2, 0) is 42.0 Å². The van der Waals surface area contributed by atoms with E-state index < -0.39 is 72.8 Å². The van der Waals surface area contributed by atoms with Gasteiger partial charge in [0.25, 0.3) is 0 Å². The number of nitrogens with zero attached hydrogens (tertiary/aromatic N) is 1. The first-order chi connectivity index (χ1) is 17.1. The highest BCUT2D eigenvalue weighted by molar-refractivity contribution is 7.91. The molecule has 2 atom stereocenters. The van der Waals surface area contributed by atoms with Crippen LogP contribution in [0.5, 0.6) is 0 Å². The standard InChI is InChI=1S/C23H20Cl2F4N2O5S/c1-37(33,34)9-19(32)31-10-21(11-31)15-3-2-12(4-13(15)8-35-21)18-7-22(36-30-18,23(27,28)29)14-5-16(24)20(26)17(25)6-14/h2-6,18,30H,7-11H2,1H3. The van der Waals surface area contributed by atoms with E-state index >= 15 is 0 Å². The Labute approximate surface area is 219 Å². The Morgan fingerprint density at radius 3 is 2.43 bits per heavy atom. The van der Waals surface area contributed by atoms with Crippen LogP contribution >= 0.6 is 23.2 Å². The maximum absolute atomic E-state index is 14.3. The normalized spacial score (nSPS) is 24.8. The zero-order valence-corrected chi connectivity index (χ0v) is 21.5. The molecule has 1 amide bonds. The lowest BCUT2D eigenvalue weighted by molar-refractivity contribution is -0.282. The van der Waals surface area contributed by atoms with Crippen molar-refractivity contribution in [3.05, 3.63) is 68.4 Å². The number of hydroxylamine groups is 1. The molecule has 0 saturated carbocycles. The predicted molar refractivity (Wildman–Crippen MR) is 125 cm³/mol. The molecule has 14 heteroatoms. The zero-order chi connectivity index (χ0) is 27.0. The Bertz CT molecular complexity index is 1370. The second kappa shape index (κ2) is 8.78. The third-order valence-corrected chi connectivity index (χ3v) is 8.25. The molecule has 3 aliphatic heterocycles. The first kappa shape index (κ1) is 26.6. The van der Waals surface area contributed by atoms with Crippen molar-refractivity contribution in [3.8, 4) is 0 Å². The smallest absolute Gasteiger partial charge is 0.362 e. The minimum absolute atomic E-state index is 0.179. The molecule has 2 saturated heterocycles. The number of alkyl halides is 3. The largest absolute Gasteiger partial charge is 0.423 e. The third kappa shape index (κ3) is 4.51. The van der Waals surface area contributed by atoms with Gasteiger partial charge in [0, 0.05) is 12.7 Å². The van der Waals surface area contributed by atoms with E-state index in [-0.39, 0.29) is 19.7 Å². The van der Waals surface area contributed by atoms with E-state index in [2.05, 4.69) is 5.48 Å². The molecule has 3 aliphatic rings. The number of hydrogen-bond donors (Lipinski definition) is 1. The minimum atomic E-state index is -4.88. The Kier molecular flexibility index (Phi) is 6.32. The van der Waals surface area contributed by atoms with Crippen LogP contribution in [0.1, 0.15) is 34.7 Å². The van der Waals surface area contributed by atoms with Gasteiger partial charge in [-0.2, -0.15) is 18.7 Å². The number of rotatable bonds is 4. The van der Waals surface area contributed by atoms with E-state index in [4.69, 9.17) is 32.8 Å². The topological polar surface area (TPSA) is 84.9 Å². The molecule has 3 heterocycles. The molecule has 0 radical (unpaired) electrons. The Balaban J connectivity index is 1.37. The molecule has 2 aromatic carbocycles. The number of carbonyl (C=O) groups excluding carboxylic acids is 1. The summed E-state index contributed by atoms with van der Waals surface area (Å²) in [5.74, 6) is -2.13. The van der Waals surface area contributed by atoms with Crippen LogP contribution in [0.4, 0.5) is 17.6 Å². The number of benzene rings is 2. The monoisotopic (exact) mass is 582 g/mol. The lowest BCUT2D eigenvalue weighted by Gasteiger charge is -2.47. The number of nitrogens with one attached hydrogen (secondary N) is 1. The molecule has 200 valence electrons. The van der Waals surface area contributed by atoms with Crippen molar-refractivity contribution in [2.75, 3.05) is 25.1 Å². The SMILES string of the molecule is CS(=O)(=O)CC(=O)N1CC2(C1)OCc1cc(C3CC(c4cc(Cl)c(F)c(Cl)c4)(C(F)(F)F)ON3)ccc12. The lowest BCUT2D eigenvalue weighted by atomic mass is 9.82. The zero-order valence-electron chi connectivity index (χ0n) is 19.2. The molecule has 37 heavy (non-hydrogen) atoms. The average Bonchev–Trinajstić information content (AvgIpc) is 3.37. The van der Waals surface area contributed by atoms with Gasteiger partial charge in [-0.25, -0.2) is 12.8 Å². The fraction of sp³-hybridized carbons (Fsp3) is 0.435. The van der Waals surface area contributed by atoms with Gasteiger partial charge in [0.2, 0.25) is 11.5 Å². The Hall–Kier alpha value is -1.96. The fourth-order valence-electron chi connectivity index (χ4n) is 5.04. The number of amides is 1. The second-order valence-electron chi connectivity index (χ2n) is 9.57. The van der Waals surface area contributed by atoms with Gasteiger partial charge in [0.15, 0.2) is 15.7 Å². The van der Waals surface area contributed by atoms with Gasteiger partial charge in [-0.1, -0.05) is 41.4 Å². The number of ether oxygens (including phenoxy) is 1. The van der Waals surface area contributed by atoms with E-state index in [1.54, 1.807) is 18.2 Å². The highest BCUT2D eigenvalue weighted by Crippen LogP contribution is 2.52. The highest BCUT2D eigenvalue weighted by atomic mass is 35.5. The average molecular weight is 583 g/mol.